The summed E-state index contributed by atoms with van der Waals surface area (Å²) >= 11 is 0. The molecule has 0 bridgehead atoms. The molecule has 6 N–H and O–H groups in total. The third-order valence-corrected chi connectivity index (χ3v) is 8.63. The number of hydrogen-bond donors (Lipinski definition) is 4. The molecule has 0 saturated heterocycles. The number of carbonyl (C=O) groups is 6. The van der Waals surface area contributed by atoms with Crippen molar-refractivity contribution in [2.75, 3.05) is 78.5 Å². The molecule has 0 aliphatic heterocycles. The van der Waals surface area contributed by atoms with Gasteiger partial charge in [0.05, 0.1) is 0 Å². The fraction of sp³-hybridized carbons (Fsp3) is 0.880. The van der Waals surface area contributed by atoms with Gasteiger partial charge in [0.2, 0.25) is 0 Å². The molecule has 0 fully saturated rings. The predicted octanol–water partition coefficient (Wildman–Crippen LogP) is 9.01. The van der Waals surface area contributed by atoms with Gasteiger partial charge < -0.3 is 70.1 Å². The van der Waals surface area contributed by atoms with E-state index in [4.69, 9.17) is 39.9 Å². The van der Waals surface area contributed by atoms with Crippen LogP contribution in [0.3, 0.4) is 0 Å². The van der Waals surface area contributed by atoms with E-state index in [1.165, 1.54) is 0 Å². The molecule has 0 unspecified atom stereocenters. The normalized spacial score (nSPS) is 12.1. The highest BCUT2D eigenvalue weighted by Gasteiger charge is 2.26. The number of alkyl carbamates (subject to hydrolysis) is 2. The van der Waals surface area contributed by atoms with Gasteiger partial charge in [-0.3, -0.25) is 0 Å². The molecule has 0 spiro atoms. The van der Waals surface area contributed by atoms with Crippen LogP contribution in [0.5, 0.6) is 0 Å². The van der Waals surface area contributed by atoms with Gasteiger partial charge in [-0.15, -0.1) is 0 Å². The fourth-order valence-corrected chi connectivity index (χ4v) is 5.81. The topological polar surface area (TPSA) is 247 Å². The lowest BCUT2D eigenvalue weighted by molar-refractivity contribution is 0.0207. The smallest absolute Gasteiger partial charge is 0.410 e. The summed E-state index contributed by atoms with van der Waals surface area (Å²) in [6.45, 7) is 38.4. The minimum atomic E-state index is -0.611. The first kappa shape index (κ1) is 67.6. The highest BCUT2D eigenvalue weighted by Crippen LogP contribution is 2.16. The number of hydrogen-bond acceptors (Lipinski definition) is 14. The molecule has 0 aromatic carbocycles. The molecule has 0 aromatic rings. The summed E-state index contributed by atoms with van der Waals surface area (Å²) in [5.74, 6) is 0. The maximum atomic E-state index is 12.7. The number of nitrogens with one attached hydrogen (secondary N) is 2. The van der Waals surface area contributed by atoms with Crippen LogP contribution >= 0.6 is 0 Å². The third kappa shape index (κ3) is 41.3. The van der Waals surface area contributed by atoms with E-state index < -0.39 is 58.0 Å². The Bertz CT molecular complexity index is 1410. The van der Waals surface area contributed by atoms with Crippen LogP contribution in [0.15, 0.2) is 0 Å². The SMILES string of the molecule is CC(C)(C)OC(=O)NCCCN(CCCCN(CCCN)C(=O)OC(C)(C)C)C(=O)OC(C)(C)C.CC(C)(C)OC(=O)NCCCN(CCCCN(CCCN)C(=O)OC(C)(C)C)C(=O)OC(C)(C)C. The van der Waals surface area contributed by atoms with E-state index >= 15 is 0 Å². The molecular weight excluding hydrogens is 905 g/mol. The van der Waals surface area contributed by atoms with Gasteiger partial charge in [-0.1, -0.05) is 0 Å². The van der Waals surface area contributed by atoms with E-state index in [0.29, 0.717) is 130 Å². The Kier molecular flexibility index (Phi) is 31.4. The van der Waals surface area contributed by atoms with Crippen LogP contribution in [0.25, 0.3) is 0 Å². The summed E-state index contributed by atoms with van der Waals surface area (Å²) in [5, 5.41) is 5.41. The van der Waals surface area contributed by atoms with Crippen LogP contribution < -0.4 is 22.1 Å². The van der Waals surface area contributed by atoms with Crippen molar-refractivity contribution in [1.82, 2.24) is 30.2 Å². The Balaban J connectivity index is 0. The summed E-state index contributed by atoms with van der Waals surface area (Å²) in [6.07, 6.45) is 2.75. The largest absolute Gasteiger partial charge is 0.444 e. The zero-order valence-corrected chi connectivity index (χ0v) is 47.0. The first-order chi connectivity index (χ1) is 31.9. The van der Waals surface area contributed by atoms with Crippen molar-refractivity contribution in [2.24, 2.45) is 11.5 Å². The van der Waals surface area contributed by atoms with Crippen molar-refractivity contribution in [3.63, 3.8) is 0 Å². The highest BCUT2D eigenvalue weighted by atomic mass is 16.6. The van der Waals surface area contributed by atoms with Crippen molar-refractivity contribution >= 4 is 36.6 Å². The quantitative estimate of drug-likeness (QED) is 0.0521. The van der Waals surface area contributed by atoms with Crippen LogP contribution in [0.4, 0.5) is 28.8 Å². The number of carbonyl (C=O) groups excluding carboxylic acids is 6. The molecule has 0 aliphatic carbocycles. The Morgan fingerprint density at radius 3 is 0.686 bits per heavy atom. The van der Waals surface area contributed by atoms with Gasteiger partial charge in [-0.25, -0.2) is 28.8 Å². The third-order valence-electron chi connectivity index (χ3n) is 8.63. The van der Waals surface area contributed by atoms with E-state index in [2.05, 4.69) is 10.6 Å². The molecule has 20 heteroatoms. The van der Waals surface area contributed by atoms with Crippen molar-refractivity contribution < 1.29 is 57.2 Å². The van der Waals surface area contributed by atoms with Crippen LogP contribution in [0.2, 0.25) is 0 Å². The number of unbranched alkanes of at least 4 members (excludes halogenated alkanes) is 2. The second kappa shape index (κ2) is 32.5. The molecule has 0 aliphatic rings. The predicted molar refractivity (Wildman–Crippen MR) is 275 cm³/mol. The second-order valence-corrected chi connectivity index (χ2v) is 23.1. The maximum Gasteiger partial charge on any atom is 0.410 e. The van der Waals surface area contributed by atoms with E-state index in [9.17, 15) is 28.8 Å². The number of nitrogens with zero attached hydrogens (tertiary/aromatic N) is 4. The minimum absolute atomic E-state index is 0.358. The number of nitrogens with two attached hydrogens (primary N) is 2. The van der Waals surface area contributed by atoms with E-state index in [0.717, 1.165) is 0 Å². The van der Waals surface area contributed by atoms with Gasteiger partial charge in [0.1, 0.15) is 33.6 Å². The summed E-state index contributed by atoms with van der Waals surface area (Å²) in [7, 11) is 0. The lowest BCUT2D eigenvalue weighted by Gasteiger charge is -2.29. The van der Waals surface area contributed by atoms with Gasteiger partial charge in [-0.2, -0.15) is 0 Å². The summed E-state index contributed by atoms with van der Waals surface area (Å²) in [6, 6.07) is 0. The zero-order valence-electron chi connectivity index (χ0n) is 47.0. The van der Waals surface area contributed by atoms with Crippen molar-refractivity contribution in [3.05, 3.63) is 0 Å². The van der Waals surface area contributed by atoms with Crippen LogP contribution in [-0.4, -0.2) is 168 Å². The summed E-state index contributed by atoms with van der Waals surface area (Å²) in [5.41, 5.74) is 7.74. The molecule has 0 aromatic heterocycles. The van der Waals surface area contributed by atoms with E-state index in [1.54, 1.807) is 61.1 Å². The molecule has 412 valence electrons. The lowest BCUT2D eigenvalue weighted by atomic mass is 10.2. The summed E-state index contributed by atoms with van der Waals surface area (Å²) in [4.78, 5) is 80.7. The molecule has 0 atom stereocenters. The standard InChI is InChI=1S/2C25H50N4O6/c2*1-23(2,3)33-20(30)27-15-13-19-29(22(32)35-25(7,8)9)17-11-10-16-28(18-12-14-26)21(31)34-24(4,5)6/h2*10-19,26H2,1-9H3,(H,27,30). The Morgan fingerprint density at radius 2 is 0.500 bits per heavy atom. The van der Waals surface area contributed by atoms with Gasteiger partial charge in [-0.05, 0) is 189 Å². The molecule has 6 amide bonds. The molecule has 0 rings (SSSR count). The zero-order chi connectivity index (χ0) is 54.6. The Hall–Kier alpha value is -4.46. The summed E-state index contributed by atoms with van der Waals surface area (Å²) < 4.78 is 32.6. The maximum absolute atomic E-state index is 12.7. The van der Waals surface area contributed by atoms with Crippen molar-refractivity contribution in [1.29, 1.82) is 0 Å². The van der Waals surface area contributed by atoms with Crippen molar-refractivity contribution in [3.8, 4) is 0 Å². The van der Waals surface area contributed by atoms with Crippen LogP contribution in [0.1, 0.15) is 176 Å². The van der Waals surface area contributed by atoms with Gasteiger partial charge in [0.25, 0.3) is 0 Å². The van der Waals surface area contributed by atoms with Gasteiger partial charge in [0, 0.05) is 65.4 Å². The Morgan fingerprint density at radius 1 is 0.314 bits per heavy atom. The first-order valence-electron chi connectivity index (χ1n) is 25.1. The van der Waals surface area contributed by atoms with Crippen LogP contribution in [0, 0.1) is 0 Å². The molecule has 0 heterocycles. The molecule has 70 heavy (non-hydrogen) atoms. The Labute approximate surface area is 422 Å². The average Bonchev–Trinajstić information content (AvgIpc) is 3.14. The van der Waals surface area contributed by atoms with E-state index in [-0.39, 0.29) is 12.2 Å². The molecular formula is C50H100N8O12. The monoisotopic (exact) mass is 1000 g/mol. The molecule has 0 radical (unpaired) electrons. The van der Waals surface area contributed by atoms with Gasteiger partial charge in [0.15, 0.2) is 0 Å². The number of ether oxygens (including phenoxy) is 6. The average molecular weight is 1010 g/mol. The molecule has 0 saturated carbocycles. The van der Waals surface area contributed by atoms with Crippen molar-refractivity contribution in [2.45, 2.75) is 210 Å². The lowest BCUT2D eigenvalue weighted by Crippen LogP contribution is -2.40. The highest BCUT2D eigenvalue weighted by molar-refractivity contribution is 5.70. The van der Waals surface area contributed by atoms with Crippen LogP contribution in [-0.2, 0) is 28.4 Å². The second-order valence-electron chi connectivity index (χ2n) is 23.1. The number of amides is 6. The fourth-order valence-electron chi connectivity index (χ4n) is 5.81. The minimum Gasteiger partial charge on any atom is -0.444 e. The number of rotatable bonds is 24. The first-order valence-corrected chi connectivity index (χ1v) is 25.1. The van der Waals surface area contributed by atoms with Gasteiger partial charge >= 0.3 is 36.6 Å². The van der Waals surface area contributed by atoms with E-state index in [1.807, 2.05) is 83.1 Å². The molecule has 20 nitrogen and oxygen atoms in total.